The summed E-state index contributed by atoms with van der Waals surface area (Å²) in [6, 6.07) is 12.8. The molecule has 0 atom stereocenters. The van der Waals surface area contributed by atoms with Crippen LogP contribution in [-0.2, 0) is 11.8 Å². The maximum atomic E-state index is 13.1. The van der Waals surface area contributed by atoms with Crippen LogP contribution in [0.2, 0.25) is 0 Å². The highest BCUT2D eigenvalue weighted by Crippen LogP contribution is 2.38. The molecular weight excluding hydrogens is 462 g/mol. The minimum absolute atomic E-state index is 0.0319. The van der Waals surface area contributed by atoms with Gasteiger partial charge in [-0.25, -0.2) is 9.59 Å². The van der Waals surface area contributed by atoms with E-state index in [2.05, 4.69) is 15.2 Å². The van der Waals surface area contributed by atoms with Gasteiger partial charge in [-0.2, -0.15) is 5.10 Å². The van der Waals surface area contributed by atoms with E-state index in [0.29, 0.717) is 36.2 Å². The summed E-state index contributed by atoms with van der Waals surface area (Å²) in [7, 11) is 1.65. The van der Waals surface area contributed by atoms with Gasteiger partial charge in [0.05, 0.1) is 5.69 Å². The van der Waals surface area contributed by atoms with Crippen molar-refractivity contribution in [1.29, 1.82) is 0 Å². The number of nitrogens with zero attached hydrogens (tertiary/aromatic N) is 4. The molecule has 36 heavy (non-hydrogen) atoms. The number of amides is 1. The molecule has 0 spiro atoms. The van der Waals surface area contributed by atoms with Gasteiger partial charge in [0.25, 0.3) is 0 Å². The monoisotopic (exact) mass is 489 g/mol. The van der Waals surface area contributed by atoms with Crippen LogP contribution in [-0.4, -0.2) is 43.4 Å². The molecule has 2 N–H and O–H groups in total. The second-order valence-corrected chi connectivity index (χ2v) is 8.39. The predicted molar refractivity (Wildman–Crippen MR) is 135 cm³/mol. The maximum Gasteiger partial charge on any atom is 0.439 e. The van der Waals surface area contributed by atoms with E-state index in [4.69, 9.17) is 4.52 Å². The van der Waals surface area contributed by atoms with Crippen molar-refractivity contribution in [1.82, 2.24) is 19.9 Å². The van der Waals surface area contributed by atoms with Crippen molar-refractivity contribution in [2.24, 2.45) is 7.05 Å². The van der Waals surface area contributed by atoms with Crippen LogP contribution in [0.3, 0.4) is 0 Å². The number of hydrogen-bond acceptors (Lipinski definition) is 6. The Hall–Kier alpha value is -4.47. The van der Waals surface area contributed by atoms with Crippen molar-refractivity contribution in [2.45, 2.75) is 33.1 Å². The molecule has 2 aromatic heterocycles. The lowest BCUT2D eigenvalue weighted by Crippen LogP contribution is -2.31. The number of carbonyl (C=O) groups excluding carboxylic acids is 1. The molecule has 0 aliphatic heterocycles. The molecule has 1 amide bonds. The summed E-state index contributed by atoms with van der Waals surface area (Å²) >= 11 is 0. The quantitative estimate of drug-likeness (QED) is 0.357. The first-order chi connectivity index (χ1) is 17.3. The smallest absolute Gasteiger partial charge is 0.439 e. The molecule has 0 unspecified atom stereocenters. The van der Waals surface area contributed by atoms with E-state index < -0.39 is 11.7 Å². The topological polar surface area (TPSA) is 134 Å². The zero-order valence-corrected chi connectivity index (χ0v) is 20.3. The van der Waals surface area contributed by atoms with Crippen molar-refractivity contribution < 1.29 is 19.2 Å². The second kappa shape index (κ2) is 10.4. The fourth-order valence-electron chi connectivity index (χ4n) is 4.21. The number of rotatable bonds is 9. The normalized spacial score (nSPS) is 11.0. The van der Waals surface area contributed by atoms with Crippen LogP contribution >= 0.6 is 0 Å². The lowest BCUT2D eigenvalue weighted by Gasteiger charge is -2.25. The fourth-order valence-corrected chi connectivity index (χ4v) is 4.21. The molecule has 2 heterocycles. The molecule has 4 aromatic rings. The Morgan fingerprint density at radius 3 is 2.47 bits per heavy atom. The standard InChI is InChI=1S/C26H27N5O5/c1-4-8-22(32)31(13-5-2)21-12-11-16(14-19(21)23-20(25(33)34)15-30(3)28-23)17-9-6-7-10-18(17)24-27-26(35)36-29-24/h6-7,9-12,14-15H,4-5,8,13H2,1-3H3,(H,33,34)(H,27,29,35). The SMILES string of the molecule is CCCC(=O)N(CCC)c1ccc(-c2ccccc2-c2noc(=O)[nH]2)cc1-c1nn(C)cc1C(=O)O. The molecule has 10 nitrogen and oxygen atoms in total. The number of benzene rings is 2. The van der Waals surface area contributed by atoms with Crippen LogP contribution in [0.5, 0.6) is 0 Å². The number of aryl methyl sites for hydroxylation is 1. The predicted octanol–water partition coefficient (Wildman–Crippen LogP) is 4.34. The number of carboxylic acids is 1. The van der Waals surface area contributed by atoms with Crippen molar-refractivity contribution in [3.63, 3.8) is 0 Å². The van der Waals surface area contributed by atoms with Gasteiger partial charge in [-0.3, -0.25) is 19.0 Å². The summed E-state index contributed by atoms with van der Waals surface area (Å²) in [4.78, 5) is 41.0. The molecule has 0 saturated carbocycles. The summed E-state index contributed by atoms with van der Waals surface area (Å²) < 4.78 is 6.14. The van der Waals surface area contributed by atoms with Crippen LogP contribution in [0, 0.1) is 0 Å². The first-order valence-corrected chi connectivity index (χ1v) is 11.7. The number of H-pyrrole nitrogens is 1. The van der Waals surface area contributed by atoms with Gasteiger partial charge in [0, 0.05) is 37.3 Å². The van der Waals surface area contributed by atoms with Crippen LogP contribution in [0.4, 0.5) is 5.69 Å². The molecule has 0 aliphatic rings. The minimum atomic E-state index is -1.11. The number of carbonyl (C=O) groups is 2. The number of aromatic amines is 1. The Kier molecular flexibility index (Phi) is 7.14. The summed E-state index contributed by atoms with van der Waals surface area (Å²) in [6.45, 7) is 4.41. The highest BCUT2D eigenvalue weighted by atomic mass is 16.5. The molecule has 0 radical (unpaired) electrons. The Bertz CT molecular complexity index is 1470. The number of aromatic carboxylic acids is 1. The number of aromatic nitrogens is 4. The fraction of sp³-hybridized carbons (Fsp3) is 0.269. The van der Waals surface area contributed by atoms with E-state index in [9.17, 15) is 19.5 Å². The molecule has 186 valence electrons. The number of nitrogens with one attached hydrogen (secondary N) is 1. The number of hydrogen-bond donors (Lipinski definition) is 2. The van der Waals surface area contributed by atoms with Crippen LogP contribution in [0.25, 0.3) is 33.8 Å². The van der Waals surface area contributed by atoms with E-state index >= 15 is 0 Å². The Morgan fingerprint density at radius 2 is 1.83 bits per heavy atom. The first kappa shape index (κ1) is 24.6. The lowest BCUT2D eigenvalue weighted by atomic mass is 9.94. The molecule has 0 saturated heterocycles. The molecule has 0 fully saturated rings. The highest BCUT2D eigenvalue weighted by molar-refractivity contribution is 6.02. The highest BCUT2D eigenvalue weighted by Gasteiger charge is 2.25. The van der Waals surface area contributed by atoms with E-state index in [1.807, 2.05) is 50.2 Å². The average molecular weight is 490 g/mol. The van der Waals surface area contributed by atoms with Crippen molar-refractivity contribution in [2.75, 3.05) is 11.4 Å². The van der Waals surface area contributed by atoms with Gasteiger partial charge in [-0.05, 0) is 36.1 Å². The Labute approximate surface area is 207 Å². The summed E-state index contributed by atoms with van der Waals surface area (Å²) in [5.74, 6) is -1.55. The van der Waals surface area contributed by atoms with E-state index in [1.165, 1.54) is 10.9 Å². The van der Waals surface area contributed by atoms with E-state index in [0.717, 1.165) is 17.5 Å². The van der Waals surface area contributed by atoms with Gasteiger partial charge in [-0.15, -0.1) is 0 Å². The van der Waals surface area contributed by atoms with Gasteiger partial charge in [-0.1, -0.05) is 49.3 Å². The number of carboxylic acid groups (broad SMARTS) is 1. The Morgan fingerprint density at radius 1 is 1.08 bits per heavy atom. The zero-order chi connectivity index (χ0) is 25.8. The Balaban J connectivity index is 1.97. The summed E-state index contributed by atoms with van der Waals surface area (Å²) in [5, 5.41) is 18.1. The van der Waals surface area contributed by atoms with Gasteiger partial charge in [0.1, 0.15) is 11.3 Å². The van der Waals surface area contributed by atoms with E-state index in [-0.39, 0.29) is 23.0 Å². The van der Waals surface area contributed by atoms with Crippen molar-refractivity contribution in [3.8, 4) is 33.8 Å². The van der Waals surface area contributed by atoms with Gasteiger partial charge in [0.15, 0.2) is 5.82 Å². The first-order valence-electron chi connectivity index (χ1n) is 11.7. The lowest BCUT2D eigenvalue weighted by molar-refractivity contribution is -0.118. The zero-order valence-electron chi connectivity index (χ0n) is 20.3. The third kappa shape index (κ3) is 4.83. The molecule has 2 aromatic carbocycles. The van der Waals surface area contributed by atoms with E-state index in [1.54, 1.807) is 18.0 Å². The molecule has 0 bridgehead atoms. The van der Waals surface area contributed by atoms with Crippen molar-refractivity contribution >= 4 is 17.6 Å². The molecule has 10 heteroatoms. The largest absolute Gasteiger partial charge is 0.478 e. The average Bonchev–Trinajstić information content (AvgIpc) is 3.48. The van der Waals surface area contributed by atoms with Gasteiger partial charge in [0.2, 0.25) is 5.91 Å². The third-order valence-corrected chi connectivity index (χ3v) is 5.75. The third-order valence-electron chi connectivity index (χ3n) is 5.75. The second-order valence-electron chi connectivity index (χ2n) is 8.39. The van der Waals surface area contributed by atoms with Gasteiger partial charge < -0.3 is 10.0 Å². The summed E-state index contributed by atoms with van der Waals surface area (Å²) in [5.41, 5.74) is 3.51. The molecule has 4 rings (SSSR count). The molecule has 0 aliphatic carbocycles. The number of anilines is 1. The molecular formula is C26H27N5O5. The maximum absolute atomic E-state index is 13.1. The van der Waals surface area contributed by atoms with Crippen LogP contribution in [0.1, 0.15) is 43.5 Å². The van der Waals surface area contributed by atoms with Crippen LogP contribution in [0.15, 0.2) is 58.0 Å². The van der Waals surface area contributed by atoms with Crippen molar-refractivity contribution in [3.05, 3.63) is 64.8 Å². The minimum Gasteiger partial charge on any atom is -0.478 e. The summed E-state index contributed by atoms with van der Waals surface area (Å²) in [6.07, 6.45) is 3.24. The van der Waals surface area contributed by atoms with Crippen LogP contribution < -0.4 is 10.7 Å². The van der Waals surface area contributed by atoms with Gasteiger partial charge >= 0.3 is 11.7 Å².